The number of nitrogens with two attached hydrogens (primary N) is 1. The third-order valence-electron chi connectivity index (χ3n) is 2.06. The number of benzene rings is 1. The van der Waals surface area contributed by atoms with Gasteiger partial charge in [-0.2, -0.15) is 0 Å². The third-order valence-corrected chi connectivity index (χ3v) is 3.25. The van der Waals surface area contributed by atoms with Gasteiger partial charge in [-0.05, 0) is 29.2 Å². The van der Waals surface area contributed by atoms with Crippen LogP contribution in [0.2, 0.25) is 0 Å². The van der Waals surface area contributed by atoms with E-state index in [0.29, 0.717) is 5.75 Å². The Morgan fingerprint density at radius 3 is 2.00 bits per heavy atom. The molecule has 0 aliphatic rings. The van der Waals surface area contributed by atoms with E-state index in [2.05, 4.69) is 9.57 Å². The molecular formula is C12H19ClN2O7S. The number of carbonyl (C=O) groups excluding carboxylic acids is 2. The van der Waals surface area contributed by atoms with E-state index in [1.165, 1.54) is 38.5 Å². The largest absolute Gasteiger partial charge is 0.497 e. The molecule has 0 bridgehead atoms. The zero-order chi connectivity index (χ0) is 17.2. The number of sulfonamides is 1. The van der Waals surface area contributed by atoms with Crippen LogP contribution in [0.25, 0.3) is 0 Å². The van der Waals surface area contributed by atoms with Gasteiger partial charge in [0, 0.05) is 6.92 Å². The summed E-state index contributed by atoms with van der Waals surface area (Å²) < 4.78 is 32.0. The van der Waals surface area contributed by atoms with Crippen LogP contribution in [0.5, 0.6) is 5.75 Å². The Hall–Kier alpha value is -1.88. The van der Waals surface area contributed by atoms with Gasteiger partial charge in [0.1, 0.15) is 5.75 Å². The Morgan fingerprint density at radius 2 is 1.70 bits per heavy atom. The highest BCUT2D eigenvalue weighted by atomic mass is 35.5. The molecule has 0 atom stereocenters. The van der Waals surface area contributed by atoms with Gasteiger partial charge >= 0.3 is 11.9 Å². The lowest BCUT2D eigenvalue weighted by Gasteiger charge is -2.06. The number of hydrogen-bond acceptors (Lipinski definition) is 8. The monoisotopic (exact) mass is 370 g/mol. The molecule has 0 aliphatic carbocycles. The number of carbonyl (C=O) groups is 2. The fourth-order valence-electron chi connectivity index (χ4n) is 1.000. The first-order valence-corrected chi connectivity index (χ1v) is 7.35. The van der Waals surface area contributed by atoms with Crippen molar-refractivity contribution >= 4 is 34.4 Å². The van der Waals surface area contributed by atoms with Crippen LogP contribution >= 0.6 is 12.4 Å². The number of rotatable bonds is 5. The smallest absolute Gasteiger partial charge is 0.323 e. The van der Waals surface area contributed by atoms with Crippen LogP contribution < -0.4 is 15.4 Å². The topological polar surface area (TPSA) is 134 Å². The normalized spacial score (nSPS) is 9.57. The molecule has 0 heterocycles. The number of esters is 1. The second-order valence-corrected chi connectivity index (χ2v) is 5.28. The highest BCUT2D eigenvalue weighted by Crippen LogP contribution is 2.15. The van der Waals surface area contributed by atoms with Gasteiger partial charge in [0.2, 0.25) is 0 Å². The van der Waals surface area contributed by atoms with E-state index in [1.54, 1.807) is 4.89 Å². The van der Waals surface area contributed by atoms with Crippen molar-refractivity contribution in [3.8, 4) is 5.75 Å². The molecule has 1 rings (SSSR count). The summed E-state index contributed by atoms with van der Waals surface area (Å²) in [5.74, 6) is -0.585. The van der Waals surface area contributed by atoms with E-state index in [1.807, 2.05) is 0 Å². The van der Waals surface area contributed by atoms with Gasteiger partial charge in [-0.3, -0.25) is 9.59 Å². The van der Waals surface area contributed by atoms with Crippen molar-refractivity contribution in [2.24, 2.45) is 5.73 Å². The molecule has 0 aliphatic heterocycles. The van der Waals surface area contributed by atoms with Crippen LogP contribution in [-0.2, 0) is 29.2 Å². The minimum atomic E-state index is -3.83. The lowest BCUT2D eigenvalue weighted by molar-refractivity contribution is -0.144. The summed E-state index contributed by atoms with van der Waals surface area (Å²) in [6.45, 7) is 1.06. The summed E-state index contributed by atoms with van der Waals surface area (Å²) in [6.07, 6.45) is 0. The molecule has 0 saturated heterocycles. The lowest BCUT2D eigenvalue weighted by Crippen LogP contribution is -2.26. The Labute approximate surface area is 140 Å². The Balaban J connectivity index is 0. The van der Waals surface area contributed by atoms with Gasteiger partial charge in [-0.15, -0.1) is 12.4 Å². The first-order chi connectivity index (χ1) is 10.3. The zero-order valence-electron chi connectivity index (χ0n) is 12.8. The number of halogens is 1. The molecule has 23 heavy (non-hydrogen) atoms. The van der Waals surface area contributed by atoms with Crippen molar-refractivity contribution < 1.29 is 32.3 Å². The highest BCUT2D eigenvalue weighted by Gasteiger charge is 2.15. The van der Waals surface area contributed by atoms with Gasteiger partial charge in [0.05, 0.1) is 25.7 Å². The van der Waals surface area contributed by atoms with Crippen LogP contribution in [0.1, 0.15) is 6.92 Å². The summed E-state index contributed by atoms with van der Waals surface area (Å²) >= 11 is 0. The van der Waals surface area contributed by atoms with Gasteiger partial charge in [0.15, 0.2) is 0 Å². The molecule has 0 fully saturated rings. The van der Waals surface area contributed by atoms with Crippen LogP contribution in [0.3, 0.4) is 0 Å². The summed E-state index contributed by atoms with van der Waals surface area (Å²) in [4.78, 5) is 26.2. The van der Waals surface area contributed by atoms with Gasteiger partial charge in [-0.25, -0.2) is 8.42 Å². The van der Waals surface area contributed by atoms with Crippen molar-refractivity contribution in [2.75, 3.05) is 20.8 Å². The first kappa shape index (κ1) is 23.4. The van der Waals surface area contributed by atoms with E-state index >= 15 is 0 Å². The minimum absolute atomic E-state index is 0. The lowest BCUT2D eigenvalue weighted by atomic mass is 10.3. The zero-order valence-corrected chi connectivity index (χ0v) is 14.4. The number of hydrogen-bond donors (Lipinski definition) is 2. The maximum Gasteiger partial charge on any atom is 0.323 e. The van der Waals surface area contributed by atoms with Gasteiger partial charge < -0.3 is 20.0 Å². The predicted octanol–water partition coefficient (Wildman–Crippen LogP) is -0.00850. The quantitative estimate of drug-likeness (QED) is 0.546. The second-order valence-electron chi connectivity index (χ2n) is 3.64. The van der Waals surface area contributed by atoms with E-state index < -0.39 is 16.0 Å². The van der Waals surface area contributed by atoms with E-state index in [4.69, 9.17) is 10.5 Å². The molecular weight excluding hydrogens is 352 g/mol. The molecule has 0 unspecified atom stereocenters. The highest BCUT2D eigenvalue weighted by molar-refractivity contribution is 7.89. The molecule has 132 valence electrons. The van der Waals surface area contributed by atoms with Crippen LogP contribution in [0.4, 0.5) is 0 Å². The third kappa shape index (κ3) is 9.68. The molecule has 9 nitrogen and oxygen atoms in total. The van der Waals surface area contributed by atoms with Gasteiger partial charge in [0.25, 0.3) is 10.0 Å². The summed E-state index contributed by atoms with van der Waals surface area (Å²) in [7, 11) is -1.06. The molecule has 11 heteroatoms. The predicted molar refractivity (Wildman–Crippen MR) is 83.4 cm³/mol. The molecule has 1 aromatic carbocycles. The Morgan fingerprint density at radius 1 is 1.17 bits per heavy atom. The summed E-state index contributed by atoms with van der Waals surface area (Å²) in [5, 5.41) is 0. The van der Waals surface area contributed by atoms with Crippen molar-refractivity contribution in [1.82, 2.24) is 4.89 Å². The SMILES string of the molecule is COC(=O)CN.COc1ccc(S(=O)(=O)NOC(C)=O)cc1.Cl. The fraction of sp³-hybridized carbons (Fsp3) is 0.333. The average Bonchev–Trinajstić information content (AvgIpc) is 2.53. The average molecular weight is 371 g/mol. The maximum atomic E-state index is 11.5. The van der Waals surface area contributed by atoms with Crippen LogP contribution in [-0.4, -0.2) is 41.1 Å². The Kier molecular flexibility index (Phi) is 11.9. The Bertz CT molecular complexity index is 584. The molecule has 0 amide bonds. The van der Waals surface area contributed by atoms with Crippen molar-refractivity contribution in [1.29, 1.82) is 0 Å². The molecule has 0 saturated carbocycles. The number of ether oxygens (including phenoxy) is 2. The molecule has 3 N–H and O–H groups in total. The molecule has 1 aromatic rings. The fourth-order valence-corrected chi connectivity index (χ4v) is 1.82. The summed E-state index contributed by atoms with van der Waals surface area (Å²) in [6, 6.07) is 5.65. The summed E-state index contributed by atoms with van der Waals surface area (Å²) in [5.41, 5.74) is 4.81. The van der Waals surface area contributed by atoms with Crippen molar-refractivity contribution in [2.45, 2.75) is 11.8 Å². The molecule has 0 radical (unpaired) electrons. The van der Waals surface area contributed by atoms with Gasteiger partial charge in [-0.1, -0.05) is 0 Å². The van der Waals surface area contributed by atoms with Crippen molar-refractivity contribution in [3.63, 3.8) is 0 Å². The maximum absolute atomic E-state index is 11.5. The van der Waals surface area contributed by atoms with E-state index in [-0.39, 0.29) is 29.8 Å². The van der Waals surface area contributed by atoms with E-state index in [9.17, 15) is 18.0 Å². The second kappa shape index (κ2) is 11.7. The van der Waals surface area contributed by atoms with Crippen molar-refractivity contribution in [3.05, 3.63) is 24.3 Å². The minimum Gasteiger partial charge on any atom is -0.497 e. The number of methoxy groups -OCH3 is 2. The van der Waals surface area contributed by atoms with E-state index in [0.717, 1.165) is 6.92 Å². The first-order valence-electron chi connectivity index (χ1n) is 5.87. The standard InChI is InChI=1S/C9H11NO5S.C3H7NO2.ClH/c1-7(11)15-10-16(12,13)9-5-3-8(14-2)4-6-9;1-6-3(5)2-4;/h3-6,10H,1-2H3;2,4H2,1H3;1H. The molecule has 0 aromatic heterocycles. The van der Waals surface area contributed by atoms with Crippen LogP contribution in [0, 0.1) is 0 Å². The van der Waals surface area contributed by atoms with Crippen LogP contribution in [0.15, 0.2) is 29.2 Å². The number of nitrogens with one attached hydrogen (secondary N) is 1. The molecule has 0 spiro atoms.